The van der Waals surface area contributed by atoms with Gasteiger partial charge in [0.15, 0.2) is 0 Å². The zero-order valence-corrected chi connectivity index (χ0v) is 8.86. The molecule has 0 unspecified atom stereocenters. The summed E-state index contributed by atoms with van der Waals surface area (Å²) in [6.07, 6.45) is -0.596. The minimum absolute atomic E-state index is 0. The summed E-state index contributed by atoms with van der Waals surface area (Å²) in [5, 5.41) is 10.3. The third kappa shape index (κ3) is 3.60. The number of carboxylic acid groups (broad SMARTS) is 1. The number of carbonyl (C=O) groups excluding carboxylic acids is 2. The molecule has 0 aliphatic carbocycles. The third-order valence-electron chi connectivity index (χ3n) is 1.51. The topological polar surface area (TPSA) is 69.4 Å². The van der Waals surface area contributed by atoms with E-state index in [0.717, 1.165) is 4.90 Å². The van der Waals surface area contributed by atoms with E-state index in [0.29, 0.717) is 0 Å². The largest absolute Gasteiger partial charge is 1.00 e. The molecule has 6 heteroatoms. The smallest absolute Gasteiger partial charge is 0.548 e. The second-order valence-electron chi connectivity index (χ2n) is 3.97. The van der Waals surface area contributed by atoms with Crippen molar-refractivity contribution >= 4 is 12.1 Å². The zero-order valence-electron chi connectivity index (χ0n) is 8.86. The molecule has 1 heterocycles. The maximum Gasteiger partial charge on any atom is 1.00 e. The average Bonchev–Trinajstić information content (AvgIpc) is 2.58. The summed E-state index contributed by atoms with van der Waals surface area (Å²) < 4.78 is 4.94. The van der Waals surface area contributed by atoms with Crippen LogP contribution in [-0.2, 0) is 9.53 Å². The second kappa shape index (κ2) is 4.24. The number of nitrogens with zero attached hydrogens (tertiary/aromatic N) is 1. The number of carbonyl (C=O) groups is 2. The van der Waals surface area contributed by atoms with Crippen LogP contribution in [0.3, 0.4) is 0 Å². The molecule has 0 radical (unpaired) electrons. The monoisotopic (exact) mass is 193 g/mol. The van der Waals surface area contributed by atoms with Crippen molar-refractivity contribution in [2.24, 2.45) is 0 Å². The molecule has 0 saturated carbocycles. The molecule has 0 aromatic rings. The first-order valence-electron chi connectivity index (χ1n) is 4.02. The van der Waals surface area contributed by atoms with Crippen molar-refractivity contribution < 1.29 is 38.3 Å². The summed E-state index contributed by atoms with van der Waals surface area (Å²) in [6.45, 7) is 5.37. The zero-order chi connectivity index (χ0) is 10.2. The quantitative estimate of drug-likeness (QED) is 0.318. The summed E-state index contributed by atoms with van der Waals surface area (Å²) in [5.41, 5.74) is -0.587. The normalized spacial score (nSPS) is 19.6. The van der Waals surface area contributed by atoms with E-state index in [9.17, 15) is 14.7 Å². The molecule has 14 heavy (non-hydrogen) atoms. The number of ether oxygens (including phenoxy) is 1. The van der Waals surface area contributed by atoms with Crippen LogP contribution in [0.25, 0.3) is 0 Å². The van der Waals surface area contributed by atoms with Gasteiger partial charge in [0.1, 0.15) is 5.60 Å². The van der Waals surface area contributed by atoms with E-state index >= 15 is 0 Å². The number of amides is 1. The van der Waals surface area contributed by atoms with E-state index in [-0.39, 0.29) is 25.4 Å². The van der Waals surface area contributed by atoms with Crippen molar-refractivity contribution in [2.75, 3.05) is 6.54 Å². The molecule has 5 nitrogen and oxygen atoms in total. The molecule has 0 bridgehead atoms. The number of hydrogen-bond donors (Lipinski definition) is 0. The van der Waals surface area contributed by atoms with Crippen molar-refractivity contribution in [2.45, 2.75) is 32.4 Å². The Balaban J connectivity index is 0.00000169. The van der Waals surface area contributed by atoms with E-state index in [1.807, 2.05) is 0 Å². The number of carboxylic acids is 1. The maximum absolute atomic E-state index is 11.1. The van der Waals surface area contributed by atoms with Gasteiger partial charge < -0.3 is 14.6 Å². The molecule has 1 fully saturated rings. The van der Waals surface area contributed by atoms with E-state index in [2.05, 4.69) is 0 Å². The predicted octanol–water partition coefficient (Wildman–Crippen LogP) is -3.64. The van der Waals surface area contributed by atoms with Crippen molar-refractivity contribution in [3.63, 3.8) is 0 Å². The van der Waals surface area contributed by atoms with Gasteiger partial charge in [-0.1, -0.05) is 0 Å². The molecule has 74 valence electrons. The van der Waals surface area contributed by atoms with Gasteiger partial charge in [0, 0.05) is 0 Å². The van der Waals surface area contributed by atoms with Gasteiger partial charge >= 0.3 is 25.0 Å². The number of hydrogen-bond acceptors (Lipinski definition) is 4. The van der Waals surface area contributed by atoms with Gasteiger partial charge in [-0.2, -0.15) is 0 Å². The van der Waals surface area contributed by atoms with Gasteiger partial charge in [-0.3, -0.25) is 4.90 Å². The molecular formula is C8H12LiNO4. The Morgan fingerprint density at radius 3 is 2.21 bits per heavy atom. The Hall–Kier alpha value is -0.663. The van der Waals surface area contributed by atoms with Gasteiger partial charge in [0.2, 0.25) is 0 Å². The summed E-state index contributed by atoms with van der Waals surface area (Å²) in [4.78, 5) is 22.5. The van der Waals surface area contributed by atoms with Crippen LogP contribution in [0.1, 0.15) is 20.8 Å². The standard InChI is InChI=1S/C8H13NO4.Li/c1-8(2,3)13-7(12)9-4-5(9)6(10)11;/h5H,4H2,1-3H3,(H,10,11);/q;+1/p-1/t5-,9?;/m1./s1. The Labute approximate surface area is 94.6 Å². The molecule has 1 saturated heterocycles. The van der Waals surface area contributed by atoms with Crippen LogP contribution in [0.5, 0.6) is 0 Å². The summed E-state index contributed by atoms with van der Waals surface area (Å²) >= 11 is 0. The molecule has 0 spiro atoms. The summed E-state index contributed by atoms with van der Waals surface area (Å²) in [5.74, 6) is -1.23. The van der Waals surface area contributed by atoms with Gasteiger partial charge in [0.05, 0.1) is 18.6 Å². The molecule has 1 aliphatic rings. The fraction of sp³-hybridized carbons (Fsp3) is 0.750. The minimum atomic E-state index is -1.23. The van der Waals surface area contributed by atoms with E-state index in [4.69, 9.17) is 4.74 Å². The van der Waals surface area contributed by atoms with Crippen LogP contribution in [0.2, 0.25) is 0 Å². The fourth-order valence-corrected chi connectivity index (χ4v) is 0.863. The van der Waals surface area contributed by atoms with E-state index in [1.165, 1.54) is 0 Å². The number of aliphatic carboxylic acids is 1. The van der Waals surface area contributed by atoms with Gasteiger partial charge in [-0.25, -0.2) is 4.79 Å². The average molecular weight is 193 g/mol. The SMILES string of the molecule is CC(C)(C)OC(=O)N1C[C@@H]1C(=O)[O-].[Li+]. The summed E-state index contributed by atoms with van der Waals surface area (Å²) in [6, 6.07) is -0.796. The third-order valence-corrected chi connectivity index (χ3v) is 1.51. The van der Waals surface area contributed by atoms with Crippen molar-refractivity contribution in [3.8, 4) is 0 Å². The first-order chi connectivity index (χ1) is 5.81. The van der Waals surface area contributed by atoms with E-state index in [1.54, 1.807) is 20.8 Å². The van der Waals surface area contributed by atoms with Crippen LogP contribution in [-0.4, -0.2) is 35.2 Å². The second-order valence-corrected chi connectivity index (χ2v) is 3.97. The molecule has 1 aliphatic heterocycles. The fourth-order valence-electron chi connectivity index (χ4n) is 0.863. The maximum atomic E-state index is 11.1. The Morgan fingerprint density at radius 1 is 1.43 bits per heavy atom. The van der Waals surface area contributed by atoms with Crippen molar-refractivity contribution in [3.05, 3.63) is 0 Å². The van der Waals surface area contributed by atoms with Gasteiger partial charge in [0.25, 0.3) is 0 Å². The predicted molar refractivity (Wildman–Crippen MR) is 41.7 cm³/mol. The molecular weight excluding hydrogens is 181 g/mol. The molecule has 1 amide bonds. The molecule has 0 aromatic heterocycles. The van der Waals surface area contributed by atoms with Crippen LogP contribution in [0, 0.1) is 0 Å². The first kappa shape index (κ1) is 13.3. The molecule has 0 N–H and O–H groups in total. The van der Waals surface area contributed by atoms with Gasteiger partial charge in [-0.15, -0.1) is 0 Å². The minimum Gasteiger partial charge on any atom is -0.548 e. The Kier molecular flexibility index (Phi) is 4.04. The van der Waals surface area contributed by atoms with Crippen molar-refractivity contribution in [1.82, 2.24) is 4.90 Å². The van der Waals surface area contributed by atoms with Crippen LogP contribution >= 0.6 is 0 Å². The molecule has 1 rings (SSSR count). The Morgan fingerprint density at radius 2 is 1.93 bits per heavy atom. The van der Waals surface area contributed by atoms with Gasteiger partial charge in [-0.05, 0) is 20.8 Å². The van der Waals surface area contributed by atoms with Crippen LogP contribution in [0.15, 0.2) is 0 Å². The summed E-state index contributed by atoms with van der Waals surface area (Å²) in [7, 11) is 0. The van der Waals surface area contributed by atoms with E-state index < -0.39 is 23.7 Å². The Bertz CT molecular complexity index is 248. The van der Waals surface area contributed by atoms with Crippen molar-refractivity contribution in [1.29, 1.82) is 0 Å². The number of rotatable bonds is 1. The molecule has 0 aromatic carbocycles. The van der Waals surface area contributed by atoms with Crippen LogP contribution < -0.4 is 24.0 Å². The van der Waals surface area contributed by atoms with Crippen LogP contribution in [0.4, 0.5) is 4.79 Å². The molecule has 1 atom stereocenters. The first-order valence-corrected chi connectivity index (χ1v) is 4.02.